The molecule has 0 bridgehead atoms. The molecule has 2 aromatic rings. The standard InChI is InChI=1S/C15H17N3O4S/c19-15(20)12-4-1-3-11(7-12)13-5-2-6-18(10-13)23(21,22)14-8-16-17-9-14/h1,3-4,7-9,13H,2,5-6,10H2,(H,16,17)(H,19,20). The Morgan fingerprint density at radius 3 is 2.91 bits per heavy atom. The third-order valence-corrected chi connectivity index (χ3v) is 5.93. The van der Waals surface area contributed by atoms with Gasteiger partial charge in [0.2, 0.25) is 10.0 Å². The Kier molecular flexibility index (Phi) is 4.18. The van der Waals surface area contributed by atoms with Crippen molar-refractivity contribution in [3.05, 3.63) is 47.8 Å². The van der Waals surface area contributed by atoms with Crippen LogP contribution in [-0.4, -0.2) is 47.1 Å². The topological polar surface area (TPSA) is 103 Å². The molecule has 3 rings (SSSR count). The highest BCUT2D eigenvalue weighted by atomic mass is 32.2. The first-order chi connectivity index (χ1) is 11.0. The molecule has 2 heterocycles. The molecule has 1 aromatic heterocycles. The average Bonchev–Trinajstić information content (AvgIpc) is 3.10. The molecule has 1 atom stereocenters. The van der Waals surface area contributed by atoms with Gasteiger partial charge in [0.15, 0.2) is 0 Å². The molecule has 1 saturated heterocycles. The molecule has 1 aliphatic heterocycles. The number of H-pyrrole nitrogens is 1. The van der Waals surface area contributed by atoms with Crippen molar-refractivity contribution in [3.8, 4) is 0 Å². The van der Waals surface area contributed by atoms with Crippen LogP contribution in [-0.2, 0) is 10.0 Å². The van der Waals surface area contributed by atoms with Crippen LogP contribution in [0.5, 0.6) is 0 Å². The summed E-state index contributed by atoms with van der Waals surface area (Å²) in [4.78, 5) is 11.2. The Labute approximate surface area is 134 Å². The fourth-order valence-electron chi connectivity index (χ4n) is 2.89. The summed E-state index contributed by atoms with van der Waals surface area (Å²) in [7, 11) is -3.56. The molecule has 122 valence electrons. The Morgan fingerprint density at radius 2 is 2.22 bits per heavy atom. The summed E-state index contributed by atoms with van der Waals surface area (Å²) in [6, 6.07) is 6.71. The molecular weight excluding hydrogens is 318 g/mol. The van der Waals surface area contributed by atoms with E-state index in [4.69, 9.17) is 5.11 Å². The van der Waals surface area contributed by atoms with Crippen LogP contribution in [0.25, 0.3) is 0 Å². The highest BCUT2D eigenvalue weighted by Gasteiger charge is 2.31. The first-order valence-corrected chi connectivity index (χ1v) is 8.74. The summed E-state index contributed by atoms with van der Waals surface area (Å²) in [6.45, 7) is 0.805. The highest BCUT2D eigenvalue weighted by Crippen LogP contribution is 2.30. The van der Waals surface area contributed by atoms with Gasteiger partial charge in [0.25, 0.3) is 0 Å². The molecule has 1 fully saturated rings. The molecule has 23 heavy (non-hydrogen) atoms. The van der Waals surface area contributed by atoms with Crippen molar-refractivity contribution in [2.24, 2.45) is 0 Å². The molecule has 1 aromatic carbocycles. The van der Waals surface area contributed by atoms with Crippen molar-refractivity contribution >= 4 is 16.0 Å². The molecule has 1 aliphatic rings. The molecule has 0 spiro atoms. The number of carboxylic acids is 1. The third kappa shape index (κ3) is 3.13. The van der Waals surface area contributed by atoms with Crippen LogP contribution in [0.15, 0.2) is 41.6 Å². The second kappa shape index (κ2) is 6.13. The molecule has 0 aliphatic carbocycles. The van der Waals surface area contributed by atoms with Crippen molar-refractivity contribution in [3.63, 3.8) is 0 Å². The molecule has 0 saturated carbocycles. The van der Waals surface area contributed by atoms with Crippen LogP contribution in [0.3, 0.4) is 0 Å². The summed E-state index contributed by atoms with van der Waals surface area (Å²) in [6.07, 6.45) is 4.23. The first kappa shape index (κ1) is 15.7. The van der Waals surface area contributed by atoms with E-state index in [1.165, 1.54) is 22.8 Å². The van der Waals surface area contributed by atoms with Crippen molar-refractivity contribution in [1.29, 1.82) is 0 Å². The zero-order chi connectivity index (χ0) is 16.4. The number of aromatic amines is 1. The summed E-state index contributed by atoms with van der Waals surface area (Å²) in [5.74, 6) is -0.990. The first-order valence-electron chi connectivity index (χ1n) is 7.30. The van der Waals surface area contributed by atoms with Crippen molar-refractivity contribution < 1.29 is 18.3 Å². The van der Waals surface area contributed by atoms with Crippen LogP contribution in [0.4, 0.5) is 0 Å². The number of nitrogens with zero attached hydrogens (tertiary/aromatic N) is 2. The van der Waals surface area contributed by atoms with Gasteiger partial charge < -0.3 is 5.11 Å². The van der Waals surface area contributed by atoms with Gasteiger partial charge in [0.1, 0.15) is 4.90 Å². The van der Waals surface area contributed by atoms with Gasteiger partial charge in [-0.05, 0) is 36.5 Å². The van der Waals surface area contributed by atoms with Crippen LogP contribution in [0.1, 0.15) is 34.7 Å². The lowest BCUT2D eigenvalue weighted by molar-refractivity contribution is 0.0696. The van der Waals surface area contributed by atoms with Gasteiger partial charge in [0, 0.05) is 19.3 Å². The molecule has 1 unspecified atom stereocenters. The fraction of sp³-hybridized carbons (Fsp3) is 0.333. The molecule has 8 heteroatoms. The number of aromatic nitrogens is 2. The summed E-state index contributed by atoms with van der Waals surface area (Å²) in [5, 5.41) is 15.3. The third-order valence-electron chi connectivity index (χ3n) is 4.10. The number of rotatable bonds is 4. The molecular formula is C15H17N3O4S. The number of piperidine rings is 1. The number of carboxylic acid groups (broad SMARTS) is 1. The van der Waals surface area contributed by atoms with Crippen molar-refractivity contribution in [1.82, 2.24) is 14.5 Å². The SMILES string of the molecule is O=C(O)c1cccc(C2CCCN(S(=O)(=O)c3cn[nH]c3)C2)c1. The van der Waals surface area contributed by atoms with Crippen LogP contribution >= 0.6 is 0 Å². The number of hydrogen-bond acceptors (Lipinski definition) is 4. The van der Waals surface area contributed by atoms with E-state index in [1.54, 1.807) is 12.1 Å². The van der Waals surface area contributed by atoms with Crippen molar-refractivity contribution in [2.45, 2.75) is 23.7 Å². The summed E-state index contributed by atoms with van der Waals surface area (Å²) < 4.78 is 26.6. The average molecular weight is 335 g/mol. The maximum atomic E-state index is 12.6. The predicted octanol–water partition coefficient (Wildman–Crippen LogP) is 1.68. The lowest BCUT2D eigenvalue weighted by Crippen LogP contribution is -2.39. The van der Waals surface area contributed by atoms with Gasteiger partial charge in [-0.1, -0.05) is 12.1 Å². The number of benzene rings is 1. The van der Waals surface area contributed by atoms with E-state index in [0.29, 0.717) is 13.1 Å². The Hall–Kier alpha value is -2.19. The maximum absolute atomic E-state index is 12.6. The monoisotopic (exact) mass is 335 g/mol. The number of hydrogen-bond donors (Lipinski definition) is 2. The lowest BCUT2D eigenvalue weighted by atomic mass is 9.91. The van der Waals surface area contributed by atoms with Gasteiger partial charge >= 0.3 is 5.97 Å². The van der Waals surface area contributed by atoms with E-state index in [9.17, 15) is 13.2 Å². The Balaban J connectivity index is 1.84. The summed E-state index contributed by atoms with van der Waals surface area (Å²) in [5.41, 5.74) is 1.08. The smallest absolute Gasteiger partial charge is 0.335 e. The zero-order valence-corrected chi connectivity index (χ0v) is 13.2. The Morgan fingerprint density at radius 1 is 1.39 bits per heavy atom. The van der Waals surface area contributed by atoms with Gasteiger partial charge in [-0.2, -0.15) is 9.40 Å². The minimum Gasteiger partial charge on any atom is -0.478 e. The minimum absolute atomic E-state index is 0.00951. The normalized spacial score (nSPS) is 19.6. The van der Waals surface area contributed by atoms with Crippen LogP contribution in [0, 0.1) is 0 Å². The molecule has 2 N–H and O–H groups in total. The van der Waals surface area contributed by atoms with Crippen LogP contribution < -0.4 is 0 Å². The van der Waals surface area contributed by atoms with E-state index >= 15 is 0 Å². The van der Waals surface area contributed by atoms with Gasteiger partial charge in [0.05, 0.1) is 11.8 Å². The summed E-state index contributed by atoms with van der Waals surface area (Å²) >= 11 is 0. The molecule has 0 radical (unpaired) electrons. The van der Waals surface area contributed by atoms with Crippen molar-refractivity contribution in [2.75, 3.05) is 13.1 Å². The van der Waals surface area contributed by atoms with E-state index in [0.717, 1.165) is 18.4 Å². The van der Waals surface area contributed by atoms with Gasteiger partial charge in [-0.15, -0.1) is 0 Å². The van der Waals surface area contributed by atoms with E-state index in [2.05, 4.69) is 10.2 Å². The lowest BCUT2D eigenvalue weighted by Gasteiger charge is -2.32. The van der Waals surface area contributed by atoms with E-state index in [1.807, 2.05) is 6.07 Å². The Bertz CT molecular complexity index is 802. The highest BCUT2D eigenvalue weighted by molar-refractivity contribution is 7.89. The molecule has 0 amide bonds. The number of sulfonamides is 1. The fourth-order valence-corrected chi connectivity index (χ4v) is 4.32. The van der Waals surface area contributed by atoms with E-state index in [-0.39, 0.29) is 16.4 Å². The number of nitrogens with one attached hydrogen (secondary N) is 1. The predicted molar refractivity (Wildman–Crippen MR) is 82.7 cm³/mol. The molecule has 7 nitrogen and oxygen atoms in total. The minimum atomic E-state index is -3.56. The van der Waals surface area contributed by atoms with Gasteiger partial charge in [-0.3, -0.25) is 5.10 Å². The maximum Gasteiger partial charge on any atom is 0.335 e. The van der Waals surface area contributed by atoms with Crippen LogP contribution in [0.2, 0.25) is 0 Å². The zero-order valence-electron chi connectivity index (χ0n) is 12.3. The quantitative estimate of drug-likeness (QED) is 0.885. The number of carbonyl (C=O) groups is 1. The van der Waals surface area contributed by atoms with E-state index < -0.39 is 16.0 Å². The largest absolute Gasteiger partial charge is 0.478 e. The number of aromatic carboxylic acids is 1. The second-order valence-electron chi connectivity index (χ2n) is 5.57. The van der Waals surface area contributed by atoms with Gasteiger partial charge in [-0.25, -0.2) is 13.2 Å². The second-order valence-corrected chi connectivity index (χ2v) is 7.50.